The van der Waals surface area contributed by atoms with Crippen LogP contribution in [-0.2, 0) is 4.79 Å². The molecule has 2 aromatic rings. The van der Waals surface area contributed by atoms with Crippen LogP contribution in [0.1, 0.15) is 5.56 Å². The fourth-order valence-corrected chi connectivity index (χ4v) is 2.13. The van der Waals surface area contributed by atoms with Gasteiger partial charge in [-0.15, -0.1) is 5.26 Å². The molecule has 0 fully saturated rings. The summed E-state index contributed by atoms with van der Waals surface area (Å²) in [5.74, 6) is -2.38. The van der Waals surface area contributed by atoms with Gasteiger partial charge in [0.25, 0.3) is 17.5 Å². The number of hydrogen-bond donors (Lipinski definition) is 1. The Kier molecular flexibility index (Phi) is 4.20. The van der Waals surface area contributed by atoms with Gasteiger partial charge in [-0.1, -0.05) is 0 Å². The van der Waals surface area contributed by atoms with E-state index < -0.39 is 55.6 Å². The highest BCUT2D eigenvalue weighted by molar-refractivity contribution is 6.07. The number of ether oxygens (including phenoxy) is 1. The van der Waals surface area contributed by atoms with Gasteiger partial charge >= 0.3 is 5.69 Å². The average molecular weight is 340 g/mol. The molecule has 1 aromatic heterocycles. The molecule has 0 radical (unpaired) electrons. The van der Waals surface area contributed by atoms with Crippen LogP contribution in [0.4, 0.5) is 21.5 Å². The number of nitrogens with one attached hydrogen (secondary N) is 1. The van der Waals surface area contributed by atoms with E-state index in [1.165, 1.54) is 12.3 Å². The fraction of sp³-hybridized carbons (Fsp3) is 0. The van der Waals surface area contributed by atoms with Crippen molar-refractivity contribution < 1.29 is 18.8 Å². The molecule has 0 aliphatic heterocycles. The predicted octanol–water partition coefficient (Wildman–Crippen LogP) is 1.83. The smallest absolute Gasteiger partial charge is 0.301 e. The Morgan fingerprint density at radius 3 is 2.60 bits per heavy atom. The highest BCUT2D eigenvalue weighted by Gasteiger charge is 2.32. The predicted molar refractivity (Wildman–Crippen MR) is 76.2 cm³/mol. The van der Waals surface area contributed by atoms with E-state index in [1.807, 2.05) is 4.98 Å². The molecule has 0 saturated heterocycles. The van der Waals surface area contributed by atoms with Gasteiger partial charge in [-0.3, -0.25) is 14.9 Å². The van der Waals surface area contributed by atoms with Crippen molar-refractivity contribution in [3.63, 3.8) is 0 Å². The molecule has 0 amide bonds. The van der Waals surface area contributed by atoms with Crippen molar-refractivity contribution in [3.8, 4) is 18.1 Å². The van der Waals surface area contributed by atoms with Crippen LogP contribution in [-0.4, -0.2) is 16.0 Å². The molecule has 0 aliphatic rings. The lowest BCUT2D eigenvalue weighted by Crippen LogP contribution is -2.12. The maximum Gasteiger partial charge on any atom is 0.301 e. The number of nitriles is 2. The third-order valence-corrected chi connectivity index (χ3v) is 3.00. The molecule has 0 atom stereocenters. The molecular weight excluding hydrogens is 339 g/mol. The Morgan fingerprint density at radius 2 is 2.12 bits per heavy atom. The molecule has 0 aliphatic carbocycles. The minimum Gasteiger partial charge on any atom is -0.399 e. The minimum absolute atomic E-state index is 0.696. The summed E-state index contributed by atoms with van der Waals surface area (Å²) in [7, 11) is 0. The minimum atomic E-state index is -1.62. The van der Waals surface area contributed by atoms with Crippen molar-refractivity contribution in [2.24, 2.45) is 4.99 Å². The second-order valence-electron chi connectivity index (χ2n) is 4.15. The van der Waals surface area contributed by atoms with E-state index in [0.29, 0.717) is 0 Å². The molecule has 120 valence electrons. The van der Waals surface area contributed by atoms with Crippen molar-refractivity contribution in [1.29, 1.82) is 10.5 Å². The first kappa shape index (κ1) is 16.8. The monoisotopic (exact) mass is 340 g/mol. The zero-order valence-corrected chi connectivity index (χ0v) is 11.7. The summed E-state index contributed by atoms with van der Waals surface area (Å²) in [4.78, 5) is 40.1. The summed E-state index contributed by atoms with van der Waals surface area (Å²) >= 11 is 0. The van der Waals surface area contributed by atoms with Crippen molar-refractivity contribution in [3.05, 3.63) is 43.3 Å². The lowest BCUT2D eigenvalue weighted by Gasteiger charge is -2.10. The van der Waals surface area contributed by atoms with Gasteiger partial charge in [0.15, 0.2) is 5.75 Å². The van der Waals surface area contributed by atoms with Crippen molar-refractivity contribution >= 4 is 34.0 Å². The molecule has 25 heavy (non-hydrogen) atoms. The molecule has 0 unspecified atom stereocenters. The van der Waals surface area contributed by atoms with Gasteiger partial charge in [0.1, 0.15) is 16.8 Å². The van der Waals surface area contributed by atoms with Crippen LogP contribution in [0, 0.1) is 45.4 Å². The molecule has 1 aromatic carbocycles. The van der Waals surface area contributed by atoms with E-state index in [9.17, 15) is 24.1 Å². The molecule has 2 rings (SSSR count). The van der Waals surface area contributed by atoms with Crippen LogP contribution in [0.25, 0.3) is 15.7 Å². The van der Waals surface area contributed by atoms with E-state index in [2.05, 4.69) is 14.6 Å². The number of H-pyrrole nitrogens is 1. The number of nitro groups is 1. The van der Waals surface area contributed by atoms with E-state index in [1.54, 1.807) is 0 Å². The van der Waals surface area contributed by atoms with Crippen LogP contribution in [0.5, 0.6) is 5.75 Å². The van der Waals surface area contributed by atoms with E-state index in [-0.39, 0.29) is 0 Å². The van der Waals surface area contributed by atoms with Crippen LogP contribution < -0.4 is 10.3 Å². The second-order valence-corrected chi connectivity index (χ2v) is 4.15. The summed E-state index contributed by atoms with van der Waals surface area (Å²) in [6.45, 7) is 7.08. The molecule has 11 nitrogen and oxygen atoms in total. The number of nitro benzene ring substituents is 1. The van der Waals surface area contributed by atoms with E-state index >= 15 is 0 Å². The maximum atomic E-state index is 14.0. The quantitative estimate of drug-likeness (QED) is 0.222. The van der Waals surface area contributed by atoms with Crippen molar-refractivity contribution in [2.75, 3.05) is 0 Å². The topological polar surface area (TPSA) is 167 Å². The molecule has 0 bridgehead atoms. The number of hydrogen-bond acceptors (Lipinski definition) is 8. The fourth-order valence-electron chi connectivity index (χ4n) is 2.13. The SMILES string of the molecule is [C-]#[N+]c1c(C#N)c([N+](=O)[O-])c2[nH]c(=O)c(F)c(N=C=O)c2c1OC#N. The molecular formula is C13HFN6O5. The Bertz CT molecular complexity index is 1170. The van der Waals surface area contributed by atoms with Gasteiger partial charge in [0, 0.05) is 0 Å². The van der Waals surface area contributed by atoms with Crippen LogP contribution in [0.3, 0.4) is 0 Å². The molecule has 1 heterocycles. The number of aliphatic imine (C=N–C) groups is 1. The Balaban J connectivity index is 3.41. The molecule has 0 saturated carbocycles. The van der Waals surface area contributed by atoms with E-state index in [0.717, 1.165) is 6.08 Å². The second kappa shape index (κ2) is 6.26. The normalized spacial score (nSPS) is 9.36. The third kappa shape index (κ3) is 2.41. The number of halogens is 1. The summed E-state index contributed by atoms with van der Waals surface area (Å²) in [6.07, 6.45) is 2.14. The highest BCUT2D eigenvalue weighted by atomic mass is 19.1. The largest absolute Gasteiger partial charge is 0.399 e. The molecule has 1 N–H and O–H groups in total. The number of isocyanates is 1. The first-order valence-electron chi connectivity index (χ1n) is 5.94. The number of benzene rings is 1. The lowest BCUT2D eigenvalue weighted by atomic mass is 10.0. The first-order valence-corrected chi connectivity index (χ1v) is 5.94. The van der Waals surface area contributed by atoms with E-state index in [4.69, 9.17) is 17.1 Å². The Hall–Kier alpha value is -4.59. The number of rotatable bonds is 3. The number of nitrogens with zero attached hydrogens (tertiary/aromatic N) is 5. The van der Waals surface area contributed by atoms with Gasteiger partial charge in [0.2, 0.25) is 11.9 Å². The van der Waals surface area contributed by atoms with Crippen molar-refractivity contribution in [2.45, 2.75) is 0 Å². The lowest BCUT2D eigenvalue weighted by molar-refractivity contribution is -0.383. The third-order valence-electron chi connectivity index (χ3n) is 3.00. The summed E-state index contributed by atoms with van der Waals surface area (Å²) < 4.78 is 18.6. The number of aromatic amines is 1. The number of carbonyl (C=O) groups excluding carboxylic acids is 1. The van der Waals surface area contributed by atoms with Crippen LogP contribution in [0.15, 0.2) is 9.79 Å². The average Bonchev–Trinajstić information content (AvgIpc) is 2.58. The van der Waals surface area contributed by atoms with Crippen LogP contribution >= 0.6 is 0 Å². The van der Waals surface area contributed by atoms with Gasteiger partial charge < -0.3 is 9.72 Å². The number of aromatic nitrogens is 1. The van der Waals surface area contributed by atoms with Gasteiger partial charge in [-0.2, -0.15) is 14.6 Å². The zero-order valence-electron chi connectivity index (χ0n) is 11.7. The maximum absolute atomic E-state index is 14.0. The van der Waals surface area contributed by atoms with Gasteiger partial charge in [0.05, 0.1) is 23.0 Å². The molecule has 12 heteroatoms. The van der Waals surface area contributed by atoms with Gasteiger partial charge in [-0.25, -0.2) is 9.64 Å². The Labute approximate surface area is 135 Å². The number of pyridine rings is 1. The summed E-state index contributed by atoms with van der Waals surface area (Å²) in [5, 5.41) is 28.5. The molecule has 0 spiro atoms. The summed E-state index contributed by atoms with van der Waals surface area (Å²) in [6, 6.07) is 1.40. The van der Waals surface area contributed by atoms with Gasteiger partial charge in [-0.05, 0) is 0 Å². The number of fused-ring (bicyclic) bond motifs is 1. The summed E-state index contributed by atoms with van der Waals surface area (Å²) in [5.41, 5.74) is -5.87. The zero-order chi connectivity index (χ0) is 18.7. The van der Waals surface area contributed by atoms with Crippen molar-refractivity contribution in [1.82, 2.24) is 4.98 Å². The Morgan fingerprint density at radius 1 is 1.44 bits per heavy atom. The standard InChI is InChI=1S/C13HFN6O5/c1-17-8-5(2-15)11(20(23)24)10-6(12(8)25-3-16)9(18-4-21)7(14)13(22)19-10/h(H,19,22). The first-order chi connectivity index (χ1) is 11.9. The highest BCUT2D eigenvalue weighted by Crippen LogP contribution is 2.47. The van der Waals surface area contributed by atoms with Crippen LogP contribution in [0.2, 0.25) is 0 Å².